The minimum Gasteiger partial charge on any atom is -0.173 e. The molecule has 0 aromatic carbocycles. The smallest absolute Gasteiger partial charge is 0.00731 e. The molecule has 0 aliphatic rings. The van der Waals surface area contributed by atoms with Crippen LogP contribution in [-0.2, 0) is 0 Å². The van der Waals surface area contributed by atoms with Crippen LogP contribution < -0.4 is 0 Å². The zero-order valence-corrected chi connectivity index (χ0v) is 15.8. The monoisotopic (exact) mass is 298 g/mol. The molecule has 0 nitrogen and oxygen atoms in total. The summed E-state index contributed by atoms with van der Waals surface area (Å²) in [6, 6.07) is 0. The van der Waals surface area contributed by atoms with Gasteiger partial charge in [-0.05, 0) is 49.9 Å². The zero-order chi connectivity index (χ0) is 15.8. The fourth-order valence-electron chi connectivity index (χ4n) is 2.44. The molecule has 0 fully saturated rings. The van der Waals surface area contributed by atoms with E-state index in [-0.39, 0.29) is 4.75 Å². The van der Waals surface area contributed by atoms with Gasteiger partial charge in [0.05, 0.1) is 0 Å². The average Bonchev–Trinajstić information content (AvgIpc) is 2.31. The highest BCUT2D eigenvalue weighted by atomic mass is 32.1. The summed E-state index contributed by atoms with van der Waals surface area (Å²) < 4.78 is 0.181. The van der Waals surface area contributed by atoms with Gasteiger partial charge in [0.2, 0.25) is 0 Å². The first-order valence-electron chi connectivity index (χ1n) is 8.45. The van der Waals surface area contributed by atoms with E-state index in [0.717, 1.165) is 5.92 Å². The summed E-state index contributed by atoms with van der Waals surface area (Å²) in [5.41, 5.74) is 1.96. The molecule has 0 radical (unpaired) electrons. The van der Waals surface area contributed by atoms with Gasteiger partial charge in [0, 0.05) is 4.75 Å². The van der Waals surface area contributed by atoms with Gasteiger partial charge in [-0.2, -0.15) is 12.6 Å². The molecule has 0 aliphatic carbocycles. The second-order valence-corrected chi connectivity index (χ2v) is 9.35. The van der Waals surface area contributed by atoms with Crippen LogP contribution in [0.1, 0.15) is 92.9 Å². The predicted octanol–water partition coefficient (Wildman–Crippen LogP) is 7.05. The van der Waals surface area contributed by atoms with Crippen molar-refractivity contribution in [2.45, 2.75) is 97.7 Å². The molecule has 0 rings (SSSR count). The zero-order valence-electron chi connectivity index (χ0n) is 14.9. The molecule has 0 heterocycles. The van der Waals surface area contributed by atoms with Gasteiger partial charge in [0.25, 0.3) is 0 Å². The minimum absolute atomic E-state index is 0.181. The van der Waals surface area contributed by atoms with E-state index in [1.54, 1.807) is 0 Å². The van der Waals surface area contributed by atoms with E-state index in [1.807, 2.05) is 0 Å². The molecule has 0 saturated heterocycles. The lowest BCUT2D eigenvalue weighted by atomic mass is 9.81. The third-order valence-electron chi connectivity index (χ3n) is 4.48. The van der Waals surface area contributed by atoms with Gasteiger partial charge >= 0.3 is 0 Å². The van der Waals surface area contributed by atoms with Crippen molar-refractivity contribution in [2.75, 3.05) is 0 Å². The van der Waals surface area contributed by atoms with Crippen molar-refractivity contribution in [2.24, 2.45) is 11.3 Å². The fraction of sp³-hybridized carbons (Fsp3) is 0.895. The van der Waals surface area contributed by atoms with Crippen LogP contribution in [0.25, 0.3) is 0 Å². The van der Waals surface area contributed by atoms with Crippen molar-refractivity contribution in [3.8, 4) is 0 Å². The van der Waals surface area contributed by atoms with Crippen LogP contribution in [0.2, 0.25) is 0 Å². The number of unbranched alkanes of at least 4 members (excludes halogenated alkanes) is 1. The topological polar surface area (TPSA) is 0 Å². The first kappa shape index (κ1) is 20.1. The van der Waals surface area contributed by atoms with Crippen molar-refractivity contribution in [3.63, 3.8) is 0 Å². The maximum Gasteiger partial charge on any atom is 0.00731 e. The van der Waals surface area contributed by atoms with Gasteiger partial charge in [-0.15, -0.1) is 0 Å². The number of hydrogen-bond acceptors (Lipinski definition) is 1. The van der Waals surface area contributed by atoms with Gasteiger partial charge < -0.3 is 0 Å². The van der Waals surface area contributed by atoms with Crippen LogP contribution in [0, 0.1) is 11.3 Å². The van der Waals surface area contributed by atoms with Crippen LogP contribution in [0.3, 0.4) is 0 Å². The molecule has 0 N–H and O–H groups in total. The Kier molecular flexibility index (Phi) is 9.22. The van der Waals surface area contributed by atoms with Crippen molar-refractivity contribution >= 4 is 12.6 Å². The number of hydrogen-bond donors (Lipinski definition) is 1. The van der Waals surface area contributed by atoms with E-state index in [1.165, 1.54) is 56.9 Å². The maximum absolute atomic E-state index is 4.58. The predicted molar refractivity (Wildman–Crippen MR) is 97.8 cm³/mol. The molecule has 0 saturated carbocycles. The lowest BCUT2D eigenvalue weighted by Crippen LogP contribution is -2.11. The molecular formula is C19H38S. The van der Waals surface area contributed by atoms with Crippen molar-refractivity contribution in [1.29, 1.82) is 0 Å². The Morgan fingerprint density at radius 2 is 1.70 bits per heavy atom. The van der Waals surface area contributed by atoms with E-state index in [9.17, 15) is 0 Å². The molecule has 0 spiro atoms. The first-order chi connectivity index (χ1) is 9.06. The second-order valence-electron chi connectivity index (χ2n) is 8.14. The van der Waals surface area contributed by atoms with E-state index < -0.39 is 0 Å². The van der Waals surface area contributed by atoms with Gasteiger partial charge in [-0.3, -0.25) is 0 Å². The summed E-state index contributed by atoms with van der Waals surface area (Å²) in [5.74, 6) is 0.787. The van der Waals surface area contributed by atoms with Gasteiger partial charge in [-0.1, -0.05) is 66.5 Å². The second kappa shape index (κ2) is 9.18. The summed E-state index contributed by atoms with van der Waals surface area (Å²) in [6.07, 6.45) is 10.1. The normalized spacial score (nSPS) is 14.3. The Balaban J connectivity index is 3.75. The quantitative estimate of drug-likeness (QED) is 0.236. The number of allylic oxidation sites excluding steroid dienone is 1. The highest BCUT2D eigenvalue weighted by Gasteiger charge is 2.16. The summed E-state index contributed by atoms with van der Waals surface area (Å²) in [4.78, 5) is 0. The molecular weight excluding hydrogens is 260 g/mol. The highest BCUT2D eigenvalue weighted by molar-refractivity contribution is 7.81. The van der Waals surface area contributed by atoms with Gasteiger partial charge in [0.1, 0.15) is 0 Å². The maximum atomic E-state index is 4.58. The van der Waals surface area contributed by atoms with Gasteiger partial charge in [-0.25, -0.2) is 0 Å². The van der Waals surface area contributed by atoms with Crippen LogP contribution in [0.5, 0.6) is 0 Å². The molecule has 0 amide bonds. The SMILES string of the molecule is C=C(CCCCC(C)(C)S)CC(C)CCC(C)(C)CC. The van der Waals surface area contributed by atoms with E-state index >= 15 is 0 Å². The molecule has 0 bridgehead atoms. The average molecular weight is 299 g/mol. The molecule has 1 heteroatoms. The van der Waals surface area contributed by atoms with Crippen LogP contribution >= 0.6 is 12.6 Å². The Hall–Kier alpha value is 0.0900. The Morgan fingerprint density at radius 1 is 1.10 bits per heavy atom. The minimum atomic E-state index is 0.181. The molecule has 20 heavy (non-hydrogen) atoms. The van der Waals surface area contributed by atoms with Gasteiger partial charge in [0.15, 0.2) is 0 Å². The lowest BCUT2D eigenvalue weighted by Gasteiger charge is -2.24. The molecule has 1 atom stereocenters. The summed E-state index contributed by atoms with van der Waals surface area (Å²) in [7, 11) is 0. The third kappa shape index (κ3) is 11.9. The van der Waals surface area contributed by atoms with Crippen LogP contribution in [0.15, 0.2) is 12.2 Å². The van der Waals surface area contributed by atoms with Crippen molar-refractivity contribution < 1.29 is 0 Å². The molecule has 0 aromatic heterocycles. The Labute approximate surface area is 134 Å². The summed E-state index contributed by atoms with van der Waals surface area (Å²) >= 11 is 4.58. The molecule has 1 unspecified atom stereocenters. The molecule has 0 aliphatic heterocycles. The summed E-state index contributed by atoms with van der Waals surface area (Å²) in [6.45, 7) is 18.1. The van der Waals surface area contributed by atoms with Crippen molar-refractivity contribution in [3.05, 3.63) is 12.2 Å². The van der Waals surface area contributed by atoms with Crippen LogP contribution in [0.4, 0.5) is 0 Å². The molecule has 0 aromatic rings. The highest BCUT2D eigenvalue weighted by Crippen LogP contribution is 2.30. The lowest BCUT2D eigenvalue weighted by molar-refractivity contribution is 0.287. The van der Waals surface area contributed by atoms with Crippen LogP contribution in [-0.4, -0.2) is 4.75 Å². The number of rotatable bonds is 11. The Morgan fingerprint density at radius 3 is 2.20 bits per heavy atom. The van der Waals surface area contributed by atoms with Crippen molar-refractivity contribution in [1.82, 2.24) is 0 Å². The first-order valence-corrected chi connectivity index (χ1v) is 8.89. The summed E-state index contributed by atoms with van der Waals surface area (Å²) in [5, 5.41) is 0. The number of thiol groups is 1. The van der Waals surface area contributed by atoms with E-state index in [4.69, 9.17) is 0 Å². The van der Waals surface area contributed by atoms with E-state index in [0.29, 0.717) is 5.41 Å². The largest absolute Gasteiger partial charge is 0.173 e. The van der Waals surface area contributed by atoms with E-state index in [2.05, 4.69) is 60.8 Å². The third-order valence-corrected chi connectivity index (χ3v) is 4.70. The standard InChI is InChI=1S/C19H38S/c1-8-18(4,5)14-12-17(3)15-16(2)11-9-10-13-19(6,7)20/h17,20H,2,8-15H2,1,3-7H3. The molecule has 120 valence electrons. The fourth-order valence-corrected chi connectivity index (χ4v) is 2.60. The Bertz CT molecular complexity index is 270.